The molecule has 7 nitrogen and oxygen atoms in total. The van der Waals surface area contributed by atoms with Crippen molar-refractivity contribution in [1.82, 2.24) is 35.9 Å². The third-order valence-electron chi connectivity index (χ3n) is 8.79. The van der Waals surface area contributed by atoms with Crippen LogP contribution in [0.4, 0.5) is 4.39 Å². The van der Waals surface area contributed by atoms with E-state index in [2.05, 4.69) is 38.1 Å². The summed E-state index contributed by atoms with van der Waals surface area (Å²) in [6.45, 7) is 1.87. The van der Waals surface area contributed by atoms with Crippen LogP contribution in [0.2, 0.25) is 0 Å². The SMILES string of the molecule is Fc1ccccc1-c1cccc2[nH]c(C3=CNC4NC4c4ncc(-c5cncc(CNCC6CCCC6)c5)cc43)nc12. The Bertz CT molecular complexity index is 1820. The van der Waals surface area contributed by atoms with Crippen molar-refractivity contribution in [3.63, 3.8) is 0 Å². The second-order valence-electron chi connectivity index (χ2n) is 11.6. The number of aromatic amines is 1. The molecule has 4 N–H and O–H groups in total. The number of halogens is 1. The molecule has 2 fully saturated rings. The Hall–Kier alpha value is -4.40. The van der Waals surface area contributed by atoms with Crippen LogP contribution in [-0.4, -0.2) is 32.6 Å². The highest BCUT2D eigenvalue weighted by Crippen LogP contribution is 2.39. The number of pyridine rings is 2. The number of aromatic nitrogens is 4. The van der Waals surface area contributed by atoms with E-state index in [0.29, 0.717) is 11.4 Å². The van der Waals surface area contributed by atoms with Gasteiger partial charge in [0.25, 0.3) is 0 Å². The van der Waals surface area contributed by atoms with Gasteiger partial charge in [-0.05, 0) is 55.1 Å². The van der Waals surface area contributed by atoms with Crippen LogP contribution < -0.4 is 16.0 Å². The molecule has 2 unspecified atom stereocenters. The number of hydrogen-bond acceptors (Lipinski definition) is 6. The van der Waals surface area contributed by atoms with Gasteiger partial charge in [0.15, 0.2) is 0 Å². The highest BCUT2D eigenvalue weighted by Gasteiger charge is 2.42. The number of hydrogen-bond donors (Lipinski definition) is 4. The first kappa shape index (κ1) is 25.3. The van der Waals surface area contributed by atoms with E-state index < -0.39 is 0 Å². The van der Waals surface area contributed by atoms with Gasteiger partial charge in [-0.25, -0.2) is 9.37 Å². The Balaban J connectivity index is 1.14. The molecule has 42 heavy (non-hydrogen) atoms. The molecule has 5 aromatic rings. The van der Waals surface area contributed by atoms with Gasteiger partial charge in [0.2, 0.25) is 0 Å². The Morgan fingerprint density at radius 3 is 2.67 bits per heavy atom. The van der Waals surface area contributed by atoms with Gasteiger partial charge in [0.05, 0.1) is 28.9 Å². The van der Waals surface area contributed by atoms with E-state index in [4.69, 9.17) is 9.97 Å². The average molecular weight is 558 g/mol. The summed E-state index contributed by atoms with van der Waals surface area (Å²) in [7, 11) is 0. The quantitative estimate of drug-likeness (QED) is 0.181. The summed E-state index contributed by atoms with van der Waals surface area (Å²) in [6, 6.07) is 17.2. The molecule has 2 aromatic carbocycles. The molecule has 2 atom stereocenters. The fourth-order valence-corrected chi connectivity index (χ4v) is 6.50. The van der Waals surface area contributed by atoms with Gasteiger partial charge < -0.3 is 15.6 Å². The van der Waals surface area contributed by atoms with Crippen molar-refractivity contribution < 1.29 is 4.39 Å². The Morgan fingerprint density at radius 1 is 0.905 bits per heavy atom. The summed E-state index contributed by atoms with van der Waals surface area (Å²) in [5, 5.41) is 10.6. The van der Waals surface area contributed by atoms with E-state index in [1.807, 2.05) is 49.1 Å². The maximum absolute atomic E-state index is 14.8. The second-order valence-corrected chi connectivity index (χ2v) is 11.6. The number of nitrogens with zero attached hydrogens (tertiary/aromatic N) is 3. The van der Waals surface area contributed by atoms with Gasteiger partial charge in [-0.15, -0.1) is 0 Å². The van der Waals surface area contributed by atoms with Crippen LogP contribution in [-0.2, 0) is 6.54 Å². The van der Waals surface area contributed by atoms with Crippen molar-refractivity contribution >= 4 is 16.6 Å². The van der Waals surface area contributed by atoms with Crippen LogP contribution in [0.15, 0.2) is 79.4 Å². The van der Waals surface area contributed by atoms with E-state index >= 15 is 0 Å². The van der Waals surface area contributed by atoms with E-state index in [1.165, 1.54) is 37.3 Å². The zero-order valence-electron chi connectivity index (χ0n) is 23.2. The Morgan fingerprint density at radius 2 is 1.76 bits per heavy atom. The topological polar surface area (TPSA) is 100 Å². The number of fused-ring (bicyclic) bond motifs is 4. The third kappa shape index (κ3) is 4.66. The minimum absolute atomic E-state index is 0.130. The van der Waals surface area contributed by atoms with E-state index in [0.717, 1.165) is 63.6 Å². The largest absolute Gasteiger partial charge is 0.373 e. The summed E-state index contributed by atoms with van der Waals surface area (Å²) in [4.78, 5) is 18.0. The molecule has 0 bridgehead atoms. The molecule has 210 valence electrons. The van der Waals surface area contributed by atoms with Gasteiger partial charge in [-0.1, -0.05) is 43.2 Å². The molecule has 3 aromatic heterocycles. The molecular formula is C34H32FN7. The van der Waals surface area contributed by atoms with Gasteiger partial charge in [0.1, 0.15) is 11.6 Å². The zero-order valence-corrected chi connectivity index (χ0v) is 23.2. The first-order valence-corrected chi connectivity index (χ1v) is 14.8. The van der Waals surface area contributed by atoms with E-state index in [9.17, 15) is 4.39 Å². The van der Waals surface area contributed by atoms with Gasteiger partial charge in [-0.3, -0.25) is 15.3 Å². The standard InChI is InChI=1S/C34H32FN7/c35-28-10-4-3-8-24(28)25-9-5-11-29-30(25)41-33(40-29)27-19-39-34-32(42-34)31-26(27)13-23(18-38-31)22-12-21(16-37-17-22)15-36-14-20-6-1-2-7-20/h3-5,8-13,16-20,32,34,36,39,42H,1-2,6-7,14-15H2,(H,40,41). The lowest BCUT2D eigenvalue weighted by Crippen LogP contribution is -2.20. The molecule has 5 heterocycles. The number of imidazole rings is 1. The van der Waals surface area contributed by atoms with Crippen LogP contribution in [0.5, 0.6) is 0 Å². The predicted molar refractivity (Wildman–Crippen MR) is 162 cm³/mol. The van der Waals surface area contributed by atoms with Crippen LogP contribution in [0.25, 0.3) is 38.9 Å². The monoisotopic (exact) mass is 557 g/mol. The van der Waals surface area contributed by atoms with E-state index in [1.54, 1.807) is 12.1 Å². The lowest BCUT2D eigenvalue weighted by molar-refractivity contribution is 0.489. The molecular weight excluding hydrogens is 525 g/mol. The Kier molecular flexibility index (Phi) is 6.30. The lowest BCUT2D eigenvalue weighted by atomic mass is 9.98. The lowest BCUT2D eigenvalue weighted by Gasteiger charge is -2.13. The minimum atomic E-state index is -0.264. The van der Waals surface area contributed by atoms with Crippen LogP contribution >= 0.6 is 0 Å². The molecule has 0 spiro atoms. The van der Waals surface area contributed by atoms with Crippen molar-refractivity contribution in [2.24, 2.45) is 5.92 Å². The fraction of sp³-hybridized carbons (Fsp3) is 0.265. The number of rotatable bonds is 7. The molecule has 8 heteroatoms. The van der Waals surface area contributed by atoms with Gasteiger partial charge in [-0.2, -0.15) is 0 Å². The van der Waals surface area contributed by atoms with Crippen molar-refractivity contribution in [2.45, 2.75) is 44.4 Å². The maximum Gasteiger partial charge on any atom is 0.140 e. The highest BCUT2D eigenvalue weighted by molar-refractivity contribution is 5.94. The first-order valence-electron chi connectivity index (χ1n) is 14.8. The summed E-state index contributed by atoms with van der Waals surface area (Å²) < 4.78 is 14.8. The first-order chi connectivity index (χ1) is 20.7. The molecule has 8 rings (SSSR count). The molecule has 1 saturated carbocycles. The minimum Gasteiger partial charge on any atom is -0.373 e. The summed E-state index contributed by atoms with van der Waals surface area (Å²) in [5.74, 6) is 1.25. The van der Waals surface area contributed by atoms with Gasteiger partial charge >= 0.3 is 0 Å². The van der Waals surface area contributed by atoms with Crippen LogP contribution in [0.3, 0.4) is 0 Å². The predicted octanol–water partition coefficient (Wildman–Crippen LogP) is 6.07. The van der Waals surface area contributed by atoms with Crippen LogP contribution in [0.1, 0.15) is 54.4 Å². The fourth-order valence-electron chi connectivity index (χ4n) is 6.50. The smallest absolute Gasteiger partial charge is 0.140 e. The number of benzene rings is 2. The molecule has 0 radical (unpaired) electrons. The normalized spacial score (nSPS) is 19.6. The molecule has 0 amide bonds. The summed E-state index contributed by atoms with van der Waals surface area (Å²) in [6.07, 6.45) is 13.3. The number of H-pyrrole nitrogens is 1. The van der Waals surface area contributed by atoms with Crippen molar-refractivity contribution in [2.75, 3.05) is 6.54 Å². The Labute approximate surface area is 243 Å². The molecule has 2 aliphatic heterocycles. The maximum atomic E-state index is 14.8. The highest BCUT2D eigenvalue weighted by atomic mass is 19.1. The second kappa shape index (κ2) is 10.5. The van der Waals surface area contributed by atoms with Crippen LogP contribution in [0, 0.1) is 11.7 Å². The number of nitrogens with one attached hydrogen (secondary N) is 4. The van der Waals surface area contributed by atoms with Crippen molar-refractivity contribution in [3.8, 4) is 22.3 Å². The summed E-state index contributed by atoms with van der Waals surface area (Å²) in [5.41, 5.74) is 9.01. The average Bonchev–Trinajstić information content (AvgIpc) is 3.39. The molecule has 1 aliphatic carbocycles. The third-order valence-corrected chi connectivity index (χ3v) is 8.79. The summed E-state index contributed by atoms with van der Waals surface area (Å²) >= 11 is 0. The van der Waals surface area contributed by atoms with Gasteiger partial charge in [0, 0.05) is 64.7 Å². The molecule has 3 aliphatic rings. The zero-order chi connectivity index (χ0) is 28.0. The van der Waals surface area contributed by atoms with E-state index in [-0.39, 0.29) is 18.0 Å². The van der Waals surface area contributed by atoms with Crippen molar-refractivity contribution in [3.05, 3.63) is 108 Å². The van der Waals surface area contributed by atoms with Crippen molar-refractivity contribution in [1.29, 1.82) is 0 Å². The molecule has 1 saturated heterocycles. The number of para-hydroxylation sites is 1.